The topological polar surface area (TPSA) is 38.0 Å². The zero-order valence-corrected chi connectivity index (χ0v) is 10.0. The lowest BCUT2D eigenvalue weighted by molar-refractivity contribution is 0.494. The number of nitrogens with one attached hydrogen (secondary N) is 1. The highest BCUT2D eigenvalue weighted by molar-refractivity contribution is 5.36. The van der Waals surface area contributed by atoms with Crippen LogP contribution in [-0.2, 0) is 5.41 Å². The molecule has 1 fully saturated rings. The van der Waals surface area contributed by atoms with Crippen LogP contribution in [0.5, 0.6) is 0 Å². The van der Waals surface area contributed by atoms with Gasteiger partial charge in [0, 0.05) is 11.5 Å². The first kappa shape index (κ1) is 11.4. The summed E-state index contributed by atoms with van der Waals surface area (Å²) in [7, 11) is 0. The molecule has 1 aromatic carbocycles. The van der Waals surface area contributed by atoms with E-state index in [0.717, 1.165) is 0 Å². The van der Waals surface area contributed by atoms with E-state index in [-0.39, 0.29) is 11.5 Å². The molecule has 3 N–H and O–H groups in total. The van der Waals surface area contributed by atoms with E-state index in [0.29, 0.717) is 0 Å². The fraction of sp³-hybridized carbons (Fsp3) is 0.429. The lowest BCUT2D eigenvalue weighted by Gasteiger charge is -2.24. The molecule has 0 heterocycles. The van der Waals surface area contributed by atoms with Crippen LogP contribution in [0.4, 0.5) is 0 Å². The predicted molar refractivity (Wildman–Crippen MR) is 67.9 cm³/mol. The first-order valence-corrected chi connectivity index (χ1v) is 5.86. The lowest BCUT2D eigenvalue weighted by atomic mass is 9.87. The highest BCUT2D eigenvalue weighted by atomic mass is 15.2. The van der Waals surface area contributed by atoms with E-state index >= 15 is 0 Å². The van der Waals surface area contributed by atoms with Gasteiger partial charge in [-0.15, -0.1) is 0 Å². The minimum Gasteiger partial charge on any atom is -0.271 e. The standard InChI is InChI=1S/C14H20N2/c1-11(2)10-13(16-15)14(8-9-14)12-6-4-3-5-7-12/h3-7,10,13,16H,8-9,15H2,1-2H3. The van der Waals surface area contributed by atoms with Crippen LogP contribution in [0.2, 0.25) is 0 Å². The van der Waals surface area contributed by atoms with Gasteiger partial charge in [0.05, 0.1) is 0 Å². The quantitative estimate of drug-likeness (QED) is 0.461. The molecule has 1 aromatic rings. The number of nitrogens with two attached hydrogens (primary N) is 1. The molecule has 1 atom stereocenters. The monoisotopic (exact) mass is 216 g/mol. The molecular formula is C14H20N2. The van der Waals surface area contributed by atoms with E-state index in [1.807, 2.05) is 0 Å². The lowest BCUT2D eigenvalue weighted by Crippen LogP contribution is -2.42. The van der Waals surface area contributed by atoms with Gasteiger partial charge in [0.2, 0.25) is 0 Å². The molecule has 1 aliphatic rings. The predicted octanol–water partition coefficient (Wildman–Crippen LogP) is 2.52. The molecule has 2 nitrogen and oxygen atoms in total. The summed E-state index contributed by atoms with van der Waals surface area (Å²) in [6, 6.07) is 10.9. The van der Waals surface area contributed by atoms with Crippen LogP contribution in [0.3, 0.4) is 0 Å². The highest BCUT2D eigenvalue weighted by Crippen LogP contribution is 2.51. The smallest absolute Gasteiger partial charge is 0.0489 e. The van der Waals surface area contributed by atoms with Gasteiger partial charge in [-0.05, 0) is 32.3 Å². The Kier molecular flexibility index (Phi) is 3.13. The van der Waals surface area contributed by atoms with Gasteiger partial charge in [0.1, 0.15) is 0 Å². The highest BCUT2D eigenvalue weighted by Gasteiger charge is 2.49. The van der Waals surface area contributed by atoms with Gasteiger partial charge in [-0.3, -0.25) is 11.3 Å². The molecular weight excluding hydrogens is 196 g/mol. The molecule has 0 amide bonds. The second kappa shape index (κ2) is 4.40. The van der Waals surface area contributed by atoms with Gasteiger partial charge in [-0.25, -0.2) is 0 Å². The third-order valence-electron chi connectivity index (χ3n) is 3.41. The fourth-order valence-corrected chi connectivity index (χ4v) is 2.38. The average Bonchev–Trinajstić information content (AvgIpc) is 3.08. The van der Waals surface area contributed by atoms with Crippen molar-refractivity contribution in [2.45, 2.75) is 38.1 Å². The maximum absolute atomic E-state index is 5.69. The van der Waals surface area contributed by atoms with Crippen LogP contribution in [0, 0.1) is 0 Å². The Bertz CT molecular complexity index is 373. The SMILES string of the molecule is CC(C)=CC(NN)C1(c2ccccc2)CC1. The minimum absolute atomic E-state index is 0.229. The molecule has 2 rings (SSSR count). The maximum atomic E-state index is 5.69. The zero-order chi connectivity index (χ0) is 11.6. The Balaban J connectivity index is 2.28. The summed E-state index contributed by atoms with van der Waals surface area (Å²) < 4.78 is 0. The van der Waals surface area contributed by atoms with E-state index in [1.54, 1.807) is 0 Å². The van der Waals surface area contributed by atoms with Crippen LogP contribution < -0.4 is 11.3 Å². The van der Waals surface area contributed by atoms with Crippen molar-refractivity contribution in [3.63, 3.8) is 0 Å². The number of hydrogen-bond donors (Lipinski definition) is 2. The zero-order valence-electron chi connectivity index (χ0n) is 10.0. The summed E-state index contributed by atoms with van der Waals surface area (Å²) in [5, 5.41) is 0. The fourth-order valence-electron chi connectivity index (χ4n) is 2.38. The molecule has 0 spiro atoms. The number of hydrazine groups is 1. The molecule has 16 heavy (non-hydrogen) atoms. The van der Waals surface area contributed by atoms with Crippen molar-refractivity contribution in [1.82, 2.24) is 5.43 Å². The second-order valence-corrected chi connectivity index (χ2v) is 4.91. The third kappa shape index (κ3) is 2.04. The minimum atomic E-state index is 0.229. The molecule has 1 unspecified atom stereocenters. The van der Waals surface area contributed by atoms with E-state index in [4.69, 9.17) is 5.84 Å². The Hall–Kier alpha value is -1.12. The summed E-state index contributed by atoms with van der Waals surface area (Å²) in [5.41, 5.74) is 5.90. The number of benzene rings is 1. The molecule has 2 heteroatoms. The molecule has 0 saturated heterocycles. The molecule has 0 aliphatic heterocycles. The summed E-state index contributed by atoms with van der Waals surface area (Å²) in [4.78, 5) is 0. The Labute approximate surface area is 97.5 Å². The van der Waals surface area contributed by atoms with Crippen LogP contribution in [0.25, 0.3) is 0 Å². The largest absolute Gasteiger partial charge is 0.271 e. The Morgan fingerprint density at radius 1 is 1.31 bits per heavy atom. The first-order valence-electron chi connectivity index (χ1n) is 5.86. The Morgan fingerprint density at radius 3 is 2.38 bits per heavy atom. The van der Waals surface area contributed by atoms with Gasteiger partial charge in [-0.2, -0.15) is 0 Å². The van der Waals surface area contributed by atoms with E-state index in [9.17, 15) is 0 Å². The normalized spacial score (nSPS) is 18.9. The summed E-state index contributed by atoms with van der Waals surface area (Å²) in [6.07, 6.45) is 4.67. The van der Waals surface area contributed by atoms with Crippen molar-refractivity contribution in [3.05, 3.63) is 47.5 Å². The van der Waals surface area contributed by atoms with Crippen LogP contribution >= 0.6 is 0 Å². The van der Waals surface area contributed by atoms with Crippen LogP contribution in [0.15, 0.2) is 42.0 Å². The van der Waals surface area contributed by atoms with Gasteiger partial charge >= 0.3 is 0 Å². The molecule has 1 aliphatic carbocycles. The molecule has 0 radical (unpaired) electrons. The van der Waals surface area contributed by atoms with Crippen LogP contribution in [-0.4, -0.2) is 6.04 Å². The van der Waals surface area contributed by atoms with Crippen molar-refractivity contribution < 1.29 is 0 Å². The summed E-state index contributed by atoms with van der Waals surface area (Å²) in [6.45, 7) is 4.23. The van der Waals surface area contributed by atoms with Crippen molar-refractivity contribution in [3.8, 4) is 0 Å². The summed E-state index contributed by atoms with van der Waals surface area (Å²) >= 11 is 0. The number of hydrogen-bond acceptors (Lipinski definition) is 2. The molecule has 1 saturated carbocycles. The van der Waals surface area contributed by atoms with Crippen molar-refractivity contribution in [1.29, 1.82) is 0 Å². The number of allylic oxidation sites excluding steroid dienone is 1. The first-order chi connectivity index (χ1) is 7.69. The average molecular weight is 216 g/mol. The van der Waals surface area contributed by atoms with E-state index < -0.39 is 0 Å². The molecule has 86 valence electrons. The van der Waals surface area contributed by atoms with Crippen molar-refractivity contribution in [2.24, 2.45) is 5.84 Å². The Morgan fingerprint density at radius 2 is 1.94 bits per heavy atom. The van der Waals surface area contributed by atoms with E-state index in [1.165, 1.54) is 24.0 Å². The maximum Gasteiger partial charge on any atom is 0.0489 e. The van der Waals surface area contributed by atoms with Crippen LogP contribution in [0.1, 0.15) is 32.3 Å². The van der Waals surface area contributed by atoms with Gasteiger partial charge < -0.3 is 0 Å². The van der Waals surface area contributed by atoms with Gasteiger partial charge in [0.15, 0.2) is 0 Å². The number of rotatable bonds is 4. The van der Waals surface area contributed by atoms with E-state index in [2.05, 4.69) is 55.7 Å². The molecule has 0 bridgehead atoms. The molecule has 0 aromatic heterocycles. The van der Waals surface area contributed by atoms with Crippen molar-refractivity contribution >= 4 is 0 Å². The second-order valence-electron chi connectivity index (χ2n) is 4.91. The van der Waals surface area contributed by atoms with Crippen molar-refractivity contribution in [2.75, 3.05) is 0 Å². The van der Waals surface area contributed by atoms with Gasteiger partial charge in [0.25, 0.3) is 0 Å². The van der Waals surface area contributed by atoms with Gasteiger partial charge in [-0.1, -0.05) is 42.0 Å². The third-order valence-corrected chi connectivity index (χ3v) is 3.41. The summed E-state index contributed by atoms with van der Waals surface area (Å²) in [5.74, 6) is 5.69.